The van der Waals surface area contributed by atoms with Crippen molar-refractivity contribution in [2.24, 2.45) is 5.92 Å². The van der Waals surface area contributed by atoms with Crippen LogP contribution in [0, 0.1) is 12.8 Å². The molecular weight excluding hydrogens is 364 g/mol. The topological polar surface area (TPSA) is 76.6 Å². The zero-order chi connectivity index (χ0) is 19.1. The fraction of sp³-hybridized carbons (Fsp3) is 0.526. The van der Waals surface area contributed by atoms with E-state index in [1.807, 2.05) is 31.2 Å². The van der Waals surface area contributed by atoms with Crippen molar-refractivity contribution in [2.75, 3.05) is 45.3 Å². The smallest absolute Gasteiger partial charge is 0.230 e. The molecule has 1 fully saturated rings. The monoisotopic (exact) mass is 390 g/mol. The van der Waals surface area contributed by atoms with Gasteiger partial charge in [0, 0.05) is 26.6 Å². The molecule has 8 heteroatoms. The number of carbonyl (C=O) groups excluding carboxylic acids is 1. The number of carbonyl (C=O) groups is 1. The summed E-state index contributed by atoms with van der Waals surface area (Å²) >= 11 is 1.40. The number of amides is 1. The third kappa shape index (κ3) is 5.98. The number of anilines is 1. The molecule has 1 aliphatic rings. The lowest BCUT2D eigenvalue weighted by atomic mass is 10.1. The third-order valence-electron chi connectivity index (χ3n) is 4.56. The molecular formula is C19H26N4O3S. The second-order valence-corrected chi connectivity index (χ2v) is 7.74. The number of aryl methyl sites for hydroxylation is 1. The Kier molecular flexibility index (Phi) is 7.14. The first-order valence-electron chi connectivity index (χ1n) is 9.18. The van der Waals surface area contributed by atoms with Crippen LogP contribution in [0.2, 0.25) is 0 Å². The Bertz CT molecular complexity index is 735. The van der Waals surface area contributed by atoms with Gasteiger partial charge in [-0.15, -0.1) is 10.2 Å². The molecule has 0 spiro atoms. The lowest BCUT2D eigenvalue weighted by Crippen LogP contribution is -2.29. The van der Waals surface area contributed by atoms with Crippen LogP contribution >= 0.6 is 11.3 Å². The molecule has 1 amide bonds. The highest BCUT2D eigenvalue weighted by Crippen LogP contribution is 2.21. The molecule has 1 aromatic carbocycles. The van der Waals surface area contributed by atoms with Crippen molar-refractivity contribution in [3.05, 3.63) is 34.8 Å². The van der Waals surface area contributed by atoms with Gasteiger partial charge < -0.3 is 19.7 Å². The van der Waals surface area contributed by atoms with Gasteiger partial charge in [-0.2, -0.15) is 0 Å². The fourth-order valence-electron chi connectivity index (χ4n) is 2.97. The molecule has 2 heterocycles. The highest BCUT2D eigenvalue weighted by atomic mass is 32.1. The minimum atomic E-state index is -0.000855. The number of hydrogen-bond acceptors (Lipinski definition) is 7. The average molecular weight is 391 g/mol. The summed E-state index contributed by atoms with van der Waals surface area (Å²) in [5, 5.41) is 12.5. The Labute approximate surface area is 163 Å². The van der Waals surface area contributed by atoms with Crippen LogP contribution in [-0.2, 0) is 16.0 Å². The van der Waals surface area contributed by atoms with Crippen LogP contribution in [0.4, 0.5) is 5.13 Å². The SMILES string of the molecule is COCCN1CCC(C(=O)Nc2nnc(CCOc3ccc(C)cc3)s2)C1. The van der Waals surface area contributed by atoms with Gasteiger partial charge in [-0.3, -0.25) is 4.79 Å². The number of methoxy groups -OCH3 is 1. The summed E-state index contributed by atoms with van der Waals surface area (Å²) in [4.78, 5) is 14.7. The van der Waals surface area contributed by atoms with E-state index in [0.29, 0.717) is 24.8 Å². The van der Waals surface area contributed by atoms with Crippen LogP contribution in [0.3, 0.4) is 0 Å². The Morgan fingerprint density at radius 3 is 2.89 bits per heavy atom. The molecule has 0 saturated carbocycles. The number of nitrogens with zero attached hydrogens (tertiary/aromatic N) is 3. The third-order valence-corrected chi connectivity index (χ3v) is 5.46. The van der Waals surface area contributed by atoms with Crippen molar-refractivity contribution in [3.8, 4) is 5.75 Å². The molecule has 0 radical (unpaired) electrons. The molecule has 1 saturated heterocycles. The van der Waals surface area contributed by atoms with Crippen molar-refractivity contribution in [1.29, 1.82) is 0 Å². The molecule has 1 aromatic heterocycles. The average Bonchev–Trinajstić information content (AvgIpc) is 3.31. The van der Waals surface area contributed by atoms with Gasteiger partial charge >= 0.3 is 0 Å². The van der Waals surface area contributed by atoms with E-state index >= 15 is 0 Å². The molecule has 7 nitrogen and oxygen atoms in total. The first-order chi connectivity index (χ1) is 13.1. The van der Waals surface area contributed by atoms with E-state index in [4.69, 9.17) is 9.47 Å². The van der Waals surface area contributed by atoms with E-state index in [9.17, 15) is 4.79 Å². The quantitative estimate of drug-likeness (QED) is 0.708. The molecule has 2 aromatic rings. The van der Waals surface area contributed by atoms with Gasteiger partial charge in [-0.25, -0.2) is 0 Å². The van der Waals surface area contributed by atoms with Gasteiger partial charge in [0.2, 0.25) is 11.0 Å². The minimum Gasteiger partial charge on any atom is -0.493 e. The van der Waals surface area contributed by atoms with Crippen molar-refractivity contribution in [2.45, 2.75) is 19.8 Å². The molecule has 1 N–H and O–H groups in total. The Morgan fingerprint density at radius 2 is 2.11 bits per heavy atom. The van der Waals surface area contributed by atoms with Gasteiger partial charge in [0.1, 0.15) is 10.8 Å². The first kappa shape index (κ1) is 19.7. The zero-order valence-electron chi connectivity index (χ0n) is 15.8. The number of aromatic nitrogens is 2. The van der Waals surface area contributed by atoms with Crippen molar-refractivity contribution < 1.29 is 14.3 Å². The van der Waals surface area contributed by atoms with Gasteiger partial charge in [0.15, 0.2) is 0 Å². The van der Waals surface area contributed by atoms with E-state index < -0.39 is 0 Å². The van der Waals surface area contributed by atoms with Gasteiger partial charge in [0.25, 0.3) is 0 Å². The molecule has 1 atom stereocenters. The minimum absolute atomic E-state index is 0.000855. The van der Waals surface area contributed by atoms with Crippen LogP contribution in [0.25, 0.3) is 0 Å². The number of hydrogen-bond donors (Lipinski definition) is 1. The second-order valence-electron chi connectivity index (χ2n) is 6.68. The maximum atomic E-state index is 12.4. The number of likely N-dealkylation sites (tertiary alicyclic amines) is 1. The summed E-state index contributed by atoms with van der Waals surface area (Å²) in [6.45, 7) is 5.83. The Balaban J connectivity index is 1.41. The maximum absolute atomic E-state index is 12.4. The zero-order valence-corrected chi connectivity index (χ0v) is 16.6. The van der Waals surface area contributed by atoms with Gasteiger partial charge in [-0.1, -0.05) is 29.0 Å². The normalized spacial score (nSPS) is 17.2. The van der Waals surface area contributed by atoms with Crippen LogP contribution in [0.15, 0.2) is 24.3 Å². The van der Waals surface area contributed by atoms with Gasteiger partial charge in [-0.05, 0) is 32.0 Å². The van der Waals surface area contributed by atoms with Crippen LogP contribution in [0.1, 0.15) is 17.0 Å². The first-order valence-corrected chi connectivity index (χ1v) is 9.99. The van der Waals surface area contributed by atoms with Crippen LogP contribution < -0.4 is 10.1 Å². The van der Waals surface area contributed by atoms with Crippen molar-refractivity contribution >= 4 is 22.4 Å². The largest absolute Gasteiger partial charge is 0.493 e. The highest BCUT2D eigenvalue weighted by Gasteiger charge is 2.28. The molecule has 1 unspecified atom stereocenters. The molecule has 0 bridgehead atoms. The summed E-state index contributed by atoms with van der Waals surface area (Å²) < 4.78 is 10.8. The standard InChI is InChI=1S/C19H26N4O3S/c1-14-3-5-16(6-4-14)26-11-8-17-21-22-19(27-17)20-18(24)15-7-9-23(13-15)10-12-25-2/h3-6,15H,7-13H2,1-2H3,(H,20,22,24). The number of rotatable bonds is 9. The summed E-state index contributed by atoms with van der Waals surface area (Å²) in [6, 6.07) is 7.96. The number of benzene rings is 1. The number of nitrogens with one attached hydrogen (secondary N) is 1. The summed E-state index contributed by atoms with van der Waals surface area (Å²) in [5.41, 5.74) is 1.20. The molecule has 1 aliphatic heterocycles. The predicted molar refractivity (Wildman–Crippen MR) is 105 cm³/mol. The van der Waals surface area contributed by atoms with Crippen LogP contribution in [0.5, 0.6) is 5.75 Å². The molecule has 146 valence electrons. The van der Waals surface area contributed by atoms with E-state index in [1.165, 1.54) is 16.9 Å². The maximum Gasteiger partial charge on any atom is 0.230 e. The van der Waals surface area contributed by atoms with Crippen LogP contribution in [-0.4, -0.2) is 61.0 Å². The summed E-state index contributed by atoms with van der Waals surface area (Å²) in [5.74, 6) is 0.866. The molecule has 27 heavy (non-hydrogen) atoms. The highest BCUT2D eigenvalue weighted by molar-refractivity contribution is 7.15. The predicted octanol–water partition coefficient (Wildman–Crippen LogP) is 2.37. The van der Waals surface area contributed by atoms with E-state index in [2.05, 4.69) is 20.4 Å². The van der Waals surface area contributed by atoms with E-state index in [-0.39, 0.29) is 11.8 Å². The molecule has 0 aliphatic carbocycles. The Hall–Kier alpha value is -2.03. The summed E-state index contributed by atoms with van der Waals surface area (Å²) in [7, 11) is 1.69. The fourth-order valence-corrected chi connectivity index (χ4v) is 3.70. The van der Waals surface area contributed by atoms with Crippen molar-refractivity contribution in [1.82, 2.24) is 15.1 Å². The second kappa shape index (κ2) is 9.77. The van der Waals surface area contributed by atoms with Gasteiger partial charge in [0.05, 0.1) is 19.1 Å². The van der Waals surface area contributed by atoms with E-state index in [0.717, 1.165) is 36.8 Å². The summed E-state index contributed by atoms with van der Waals surface area (Å²) in [6.07, 6.45) is 1.53. The van der Waals surface area contributed by atoms with E-state index in [1.54, 1.807) is 7.11 Å². The lowest BCUT2D eigenvalue weighted by molar-refractivity contribution is -0.119. The van der Waals surface area contributed by atoms with Crippen molar-refractivity contribution in [3.63, 3.8) is 0 Å². The number of ether oxygens (including phenoxy) is 2. The lowest BCUT2D eigenvalue weighted by Gasteiger charge is -2.14. The Morgan fingerprint density at radius 1 is 1.30 bits per heavy atom. The molecule has 3 rings (SSSR count).